The minimum atomic E-state index is -0.379. The zero-order chi connectivity index (χ0) is 17.4. The van der Waals surface area contributed by atoms with E-state index in [0.29, 0.717) is 12.6 Å². The lowest BCUT2D eigenvalue weighted by Gasteiger charge is -2.31. The van der Waals surface area contributed by atoms with Crippen molar-refractivity contribution in [1.29, 1.82) is 0 Å². The van der Waals surface area contributed by atoms with E-state index in [4.69, 9.17) is 0 Å². The Balaban J connectivity index is 1.62. The van der Waals surface area contributed by atoms with Gasteiger partial charge in [-0.05, 0) is 37.0 Å². The molecule has 1 aliphatic heterocycles. The van der Waals surface area contributed by atoms with Crippen LogP contribution >= 0.6 is 0 Å². The molecule has 1 saturated carbocycles. The van der Waals surface area contributed by atoms with Gasteiger partial charge in [-0.25, -0.2) is 0 Å². The van der Waals surface area contributed by atoms with Gasteiger partial charge >= 0.3 is 0 Å². The molecular weight excluding hydrogens is 312 g/mol. The van der Waals surface area contributed by atoms with Crippen molar-refractivity contribution in [2.24, 2.45) is 0 Å². The predicted octanol–water partition coefficient (Wildman–Crippen LogP) is 3.61. The Morgan fingerprint density at radius 1 is 1.16 bits per heavy atom. The number of carbonyl (C=O) groups excluding carboxylic acids is 2. The first-order valence-corrected chi connectivity index (χ1v) is 8.86. The number of carbonyl (C=O) groups is 2. The summed E-state index contributed by atoms with van der Waals surface area (Å²) in [6.45, 7) is 2.68. The number of hydrogen-bond acceptors (Lipinski definition) is 2. The van der Waals surface area contributed by atoms with Crippen LogP contribution in [0.3, 0.4) is 0 Å². The highest BCUT2D eigenvalue weighted by Gasteiger charge is 2.39. The molecule has 2 aromatic carbocycles. The van der Waals surface area contributed by atoms with Crippen molar-refractivity contribution < 1.29 is 9.59 Å². The van der Waals surface area contributed by atoms with Crippen LogP contribution in [0.1, 0.15) is 41.9 Å². The van der Waals surface area contributed by atoms with Crippen LogP contribution in [-0.4, -0.2) is 22.8 Å². The van der Waals surface area contributed by atoms with Crippen LogP contribution in [0.4, 0.5) is 5.69 Å². The number of rotatable bonds is 4. The lowest BCUT2D eigenvalue weighted by molar-refractivity contribution is -0.136. The van der Waals surface area contributed by atoms with Gasteiger partial charge in [-0.1, -0.05) is 48.0 Å². The van der Waals surface area contributed by atoms with E-state index in [1.54, 1.807) is 0 Å². The molecule has 4 nitrogen and oxygen atoms in total. The van der Waals surface area contributed by atoms with Crippen LogP contribution in [0.2, 0.25) is 0 Å². The maximum atomic E-state index is 13.3. The van der Waals surface area contributed by atoms with Crippen molar-refractivity contribution in [3.63, 3.8) is 0 Å². The number of benzene rings is 2. The van der Waals surface area contributed by atoms with Crippen LogP contribution in [0, 0.1) is 6.92 Å². The van der Waals surface area contributed by atoms with Crippen molar-refractivity contribution >= 4 is 17.5 Å². The van der Waals surface area contributed by atoms with E-state index < -0.39 is 0 Å². The molecule has 1 fully saturated rings. The molecule has 25 heavy (non-hydrogen) atoms. The Labute approximate surface area is 147 Å². The highest BCUT2D eigenvalue weighted by molar-refractivity contribution is 6.01. The second-order valence-corrected chi connectivity index (χ2v) is 7.08. The fourth-order valence-corrected chi connectivity index (χ4v) is 3.61. The average Bonchev–Trinajstić information content (AvgIpc) is 3.43. The van der Waals surface area contributed by atoms with E-state index in [2.05, 4.69) is 30.4 Å². The summed E-state index contributed by atoms with van der Waals surface area (Å²) in [5.74, 6) is -0.384. The fraction of sp³-hybridized carbons (Fsp3) is 0.333. The Morgan fingerprint density at radius 2 is 1.96 bits per heavy atom. The number of nitrogens with zero attached hydrogens (tertiary/aromatic N) is 1. The summed E-state index contributed by atoms with van der Waals surface area (Å²) in [6, 6.07) is 16.2. The molecule has 0 radical (unpaired) electrons. The van der Waals surface area contributed by atoms with Gasteiger partial charge in [0.1, 0.15) is 0 Å². The molecule has 4 rings (SSSR count). The second-order valence-electron chi connectivity index (χ2n) is 7.08. The number of hydrogen-bond donors (Lipinski definition) is 1. The lowest BCUT2D eigenvalue weighted by atomic mass is 9.89. The van der Waals surface area contributed by atoms with Crippen LogP contribution in [0.5, 0.6) is 0 Å². The van der Waals surface area contributed by atoms with Crippen molar-refractivity contribution in [2.75, 3.05) is 5.32 Å². The Kier molecular flexibility index (Phi) is 4.04. The van der Waals surface area contributed by atoms with Gasteiger partial charge in [-0.3, -0.25) is 9.59 Å². The monoisotopic (exact) mass is 334 g/mol. The molecule has 128 valence electrons. The first-order chi connectivity index (χ1) is 12.1. The van der Waals surface area contributed by atoms with Gasteiger partial charge < -0.3 is 10.2 Å². The average molecular weight is 334 g/mol. The molecule has 2 amide bonds. The predicted molar refractivity (Wildman–Crippen MR) is 97.2 cm³/mol. The van der Waals surface area contributed by atoms with E-state index in [1.807, 2.05) is 35.2 Å². The van der Waals surface area contributed by atoms with E-state index >= 15 is 0 Å². The first-order valence-electron chi connectivity index (χ1n) is 8.86. The van der Waals surface area contributed by atoms with Gasteiger partial charge in [0, 0.05) is 24.7 Å². The molecule has 1 unspecified atom stereocenters. The molecule has 2 aliphatic rings. The van der Waals surface area contributed by atoms with Gasteiger partial charge in [-0.2, -0.15) is 0 Å². The van der Waals surface area contributed by atoms with E-state index in [9.17, 15) is 9.59 Å². The Bertz CT molecular complexity index is 826. The molecule has 1 atom stereocenters. The zero-order valence-electron chi connectivity index (χ0n) is 14.4. The maximum absolute atomic E-state index is 13.3. The Morgan fingerprint density at radius 3 is 2.72 bits per heavy atom. The van der Waals surface area contributed by atoms with E-state index in [1.165, 1.54) is 5.56 Å². The number of para-hydroxylation sites is 1. The molecular formula is C21H22N2O2. The van der Waals surface area contributed by atoms with E-state index in [-0.39, 0.29) is 24.2 Å². The number of amides is 2. The highest BCUT2D eigenvalue weighted by Crippen LogP contribution is 2.37. The third-order valence-electron chi connectivity index (χ3n) is 5.00. The summed E-state index contributed by atoms with van der Waals surface area (Å²) >= 11 is 0. The second kappa shape index (κ2) is 6.36. The third kappa shape index (κ3) is 3.29. The SMILES string of the molecule is Cc1cccc(CN(C(=O)C2CC(=O)Nc3ccccc32)C2CC2)c1. The van der Waals surface area contributed by atoms with Crippen molar-refractivity contribution in [3.05, 3.63) is 65.2 Å². The first kappa shape index (κ1) is 15.9. The molecule has 0 spiro atoms. The summed E-state index contributed by atoms with van der Waals surface area (Å²) in [5.41, 5.74) is 4.04. The normalized spacial score (nSPS) is 19.1. The molecule has 0 aromatic heterocycles. The number of anilines is 1. The molecule has 2 aromatic rings. The van der Waals surface area contributed by atoms with Crippen molar-refractivity contribution in [1.82, 2.24) is 4.90 Å². The summed E-state index contributed by atoms with van der Waals surface area (Å²) in [4.78, 5) is 27.4. The molecule has 1 aliphatic carbocycles. The molecule has 1 N–H and O–H groups in total. The van der Waals surface area contributed by atoms with Crippen molar-refractivity contribution in [3.8, 4) is 0 Å². The topological polar surface area (TPSA) is 49.4 Å². The molecule has 4 heteroatoms. The summed E-state index contributed by atoms with van der Waals surface area (Å²) in [5, 5.41) is 2.88. The standard InChI is InChI=1S/C21H22N2O2/c1-14-5-4-6-15(11-14)13-23(16-9-10-16)21(25)18-12-20(24)22-19-8-3-2-7-17(18)19/h2-8,11,16,18H,9-10,12-13H2,1H3,(H,22,24). The molecule has 0 saturated heterocycles. The molecule has 1 heterocycles. The highest BCUT2D eigenvalue weighted by atomic mass is 16.2. The Hall–Kier alpha value is -2.62. The minimum Gasteiger partial charge on any atom is -0.335 e. The van der Waals surface area contributed by atoms with Gasteiger partial charge in [0.2, 0.25) is 11.8 Å². The summed E-state index contributed by atoms with van der Waals surface area (Å²) in [7, 11) is 0. The maximum Gasteiger partial charge on any atom is 0.231 e. The summed E-state index contributed by atoms with van der Waals surface area (Å²) in [6.07, 6.45) is 2.34. The smallest absolute Gasteiger partial charge is 0.231 e. The number of nitrogens with one attached hydrogen (secondary N) is 1. The quantitative estimate of drug-likeness (QED) is 0.928. The number of fused-ring (bicyclic) bond motifs is 1. The van der Waals surface area contributed by atoms with Crippen LogP contribution in [0.25, 0.3) is 0 Å². The van der Waals surface area contributed by atoms with Crippen molar-refractivity contribution in [2.45, 2.75) is 44.7 Å². The lowest BCUT2D eigenvalue weighted by Crippen LogP contribution is -2.39. The van der Waals surface area contributed by atoms with Gasteiger partial charge in [0.15, 0.2) is 0 Å². The molecule has 0 bridgehead atoms. The van der Waals surface area contributed by atoms with E-state index in [0.717, 1.165) is 29.7 Å². The van der Waals surface area contributed by atoms with Crippen LogP contribution < -0.4 is 5.32 Å². The number of aryl methyl sites for hydroxylation is 1. The van der Waals surface area contributed by atoms with Gasteiger partial charge in [0.25, 0.3) is 0 Å². The largest absolute Gasteiger partial charge is 0.335 e. The van der Waals surface area contributed by atoms with Gasteiger partial charge in [0.05, 0.1) is 5.92 Å². The summed E-state index contributed by atoms with van der Waals surface area (Å²) < 4.78 is 0. The van der Waals surface area contributed by atoms with Gasteiger partial charge in [-0.15, -0.1) is 0 Å². The van der Waals surface area contributed by atoms with Crippen LogP contribution in [0.15, 0.2) is 48.5 Å². The fourth-order valence-electron chi connectivity index (χ4n) is 3.61. The zero-order valence-corrected chi connectivity index (χ0v) is 14.4. The third-order valence-corrected chi connectivity index (χ3v) is 5.00. The van der Waals surface area contributed by atoms with Crippen LogP contribution in [-0.2, 0) is 16.1 Å². The minimum absolute atomic E-state index is 0.0753.